The first-order valence-electron chi connectivity index (χ1n) is 8.08. The van der Waals surface area contributed by atoms with Crippen LogP contribution >= 0.6 is 0 Å². The Bertz CT molecular complexity index is 807. The van der Waals surface area contributed by atoms with Crippen LogP contribution in [0.15, 0.2) is 36.4 Å². The number of nitrogens with one attached hydrogen (secondary N) is 1. The van der Waals surface area contributed by atoms with Gasteiger partial charge in [-0.3, -0.25) is 4.79 Å². The van der Waals surface area contributed by atoms with E-state index in [2.05, 4.69) is 5.32 Å². The summed E-state index contributed by atoms with van der Waals surface area (Å²) >= 11 is 0. The van der Waals surface area contributed by atoms with Crippen LogP contribution in [0.2, 0.25) is 0 Å². The van der Waals surface area contributed by atoms with Crippen LogP contribution in [0.5, 0.6) is 17.2 Å². The van der Waals surface area contributed by atoms with Gasteiger partial charge in [0.2, 0.25) is 0 Å². The van der Waals surface area contributed by atoms with Crippen molar-refractivity contribution in [1.29, 1.82) is 0 Å². The topological polar surface area (TPSA) is 94.1 Å². The molecule has 0 bridgehead atoms. The number of rotatable bonds is 9. The van der Waals surface area contributed by atoms with E-state index < -0.39 is 24.3 Å². The standard InChI is InChI=1S/C19H20FNO6/c1-25-16-9-14(15(20)10-17(16)26-2)19(24)21-8-7-12-3-5-13(6-4-12)27-11-18(22)23/h3-6,9-10H,7-8,11H2,1-2H3,(H,21,24)(H,22,23). The smallest absolute Gasteiger partial charge is 0.341 e. The number of hydrogen-bond donors (Lipinski definition) is 2. The second-order valence-electron chi connectivity index (χ2n) is 5.52. The normalized spacial score (nSPS) is 10.2. The third-order valence-corrected chi connectivity index (χ3v) is 3.70. The quantitative estimate of drug-likeness (QED) is 0.696. The third kappa shape index (κ3) is 5.60. The predicted octanol–water partition coefficient (Wildman–Crippen LogP) is 2.28. The first kappa shape index (κ1) is 20.0. The van der Waals surface area contributed by atoms with Crippen molar-refractivity contribution in [2.24, 2.45) is 0 Å². The maximum atomic E-state index is 14.1. The molecule has 0 unspecified atom stereocenters. The molecular weight excluding hydrogens is 357 g/mol. The maximum absolute atomic E-state index is 14.1. The minimum absolute atomic E-state index is 0.134. The highest BCUT2D eigenvalue weighted by atomic mass is 19.1. The van der Waals surface area contributed by atoms with Gasteiger partial charge in [0.15, 0.2) is 18.1 Å². The molecule has 27 heavy (non-hydrogen) atoms. The van der Waals surface area contributed by atoms with E-state index in [9.17, 15) is 14.0 Å². The molecule has 0 saturated heterocycles. The largest absolute Gasteiger partial charge is 0.493 e. The van der Waals surface area contributed by atoms with Gasteiger partial charge in [-0.25, -0.2) is 9.18 Å². The molecule has 0 atom stereocenters. The second-order valence-corrected chi connectivity index (χ2v) is 5.52. The first-order valence-corrected chi connectivity index (χ1v) is 8.08. The minimum atomic E-state index is -1.05. The third-order valence-electron chi connectivity index (χ3n) is 3.70. The zero-order chi connectivity index (χ0) is 19.8. The molecule has 2 N–H and O–H groups in total. The summed E-state index contributed by atoms with van der Waals surface area (Å²) in [6.07, 6.45) is 0.514. The summed E-state index contributed by atoms with van der Waals surface area (Å²) in [5.74, 6) is -1.40. The summed E-state index contributed by atoms with van der Waals surface area (Å²) in [6, 6.07) is 9.21. The molecule has 7 nitrogen and oxygen atoms in total. The molecule has 0 aliphatic rings. The van der Waals surface area contributed by atoms with Crippen molar-refractivity contribution in [2.75, 3.05) is 27.4 Å². The van der Waals surface area contributed by atoms with E-state index in [4.69, 9.17) is 19.3 Å². The monoisotopic (exact) mass is 377 g/mol. The van der Waals surface area contributed by atoms with E-state index >= 15 is 0 Å². The van der Waals surface area contributed by atoms with Gasteiger partial charge in [0, 0.05) is 12.6 Å². The number of aliphatic carboxylic acids is 1. The van der Waals surface area contributed by atoms with Crippen LogP contribution in [-0.2, 0) is 11.2 Å². The summed E-state index contributed by atoms with van der Waals surface area (Å²) in [4.78, 5) is 22.7. The lowest BCUT2D eigenvalue weighted by atomic mass is 10.1. The zero-order valence-corrected chi connectivity index (χ0v) is 15.0. The molecule has 2 aromatic carbocycles. The van der Waals surface area contributed by atoms with Crippen LogP contribution in [-0.4, -0.2) is 44.4 Å². The molecule has 2 rings (SSSR count). The summed E-state index contributed by atoms with van der Waals surface area (Å²) < 4.78 is 29.2. The molecule has 0 spiro atoms. The number of halogens is 1. The van der Waals surface area contributed by atoms with Crippen molar-refractivity contribution < 1.29 is 33.3 Å². The number of ether oxygens (including phenoxy) is 3. The van der Waals surface area contributed by atoms with E-state index in [-0.39, 0.29) is 17.1 Å². The number of carbonyl (C=O) groups excluding carboxylic acids is 1. The number of hydrogen-bond acceptors (Lipinski definition) is 5. The fourth-order valence-corrected chi connectivity index (χ4v) is 2.34. The van der Waals surface area contributed by atoms with E-state index in [0.29, 0.717) is 18.7 Å². The van der Waals surface area contributed by atoms with Crippen molar-refractivity contribution in [3.05, 3.63) is 53.3 Å². The number of amides is 1. The number of carbonyl (C=O) groups is 2. The number of carboxylic acid groups (broad SMARTS) is 1. The Hall–Kier alpha value is -3.29. The van der Waals surface area contributed by atoms with Crippen molar-refractivity contribution in [2.45, 2.75) is 6.42 Å². The van der Waals surface area contributed by atoms with Gasteiger partial charge >= 0.3 is 5.97 Å². The van der Waals surface area contributed by atoms with E-state index in [1.165, 1.54) is 20.3 Å². The van der Waals surface area contributed by atoms with Crippen LogP contribution in [0, 0.1) is 5.82 Å². The molecule has 0 radical (unpaired) electrons. The first-order chi connectivity index (χ1) is 12.9. The van der Waals surface area contributed by atoms with Crippen LogP contribution in [0.3, 0.4) is 0 Å². The molecule has 0 fully saturated rings. The SMILES string of the molecule is COc1cc(F)c(C(=O)NCCc2ccc(OCC(=O)O)cc2)cc1OC. The lowest BCUT2D eigenvalue weighted by Gasteiger charge is -2.11. The second kappa shape index (κ2) is 9.42. The van der Waals surface area contributed by atoms with Gasteiger partial charge in [0.25, 0.3) is 5.91 Å². The van der Waals surface area contributed by atoms with Crippen LogP contribution in [0.4, 0.5) is 4.39 Å². The summed E-state index contributed by atoms with van der Waals surface area (Å²) in [6.45, 7) is -0.117. The average molecular weight is 377 g/mol. The van der Waals surface area contributed by atoms with Crippen molar-refractivity contribution in [3.8, 4) is 17.2 Å². The van der Waals surface area contributed by atoms with Gasteiger partial charge in [-0.05, 0) is 30.2 Å². The summed E-state index contributed by atoms with van der Waals surface area (Å²) in [5.41, 5.74) is 0.774. The van der Waals surface area contributed by atoms with E-state index in [1.54, 1.807) is 24.3 Å². The highest BCUT2D eigenvalue weighted by Crippen LogP contribution is 2.29. The maximum Gasteiger partial charge on any atom is 0.341 e. The molecule has 0 heterocycles. The lowest BCUT2D eigenvalue weighted by molar-refractivity contribution is -0.139. The highest BCUT2D eigenvalue weighted by molar-refractivity contribution is 5.95. The Morgan fingerprint density at radius 1 is 1.07 bits per heavy atom. The Kier molecular flexibility index (Phi) is 6.99. The zero-order valence-electron chi connectivity index (χ0n) is 15.0. The van der Waals surface area contributed by atoms with Crippen molar-refractivity contribution in [3.63, 3.8) is 0 Å². The Morgan fingerprint density at radius 3 is 2.30 bits per heavy atom. The summed E-state index contributed by atoms with van der Waals surface area (Å²) in [5, 5.41) is 11.2. The fraction of sp³-hybridized carbons (Fsp3) is 0.263. The molecular formula is C19H20FNO6. The molecule has 8 heteroatoms. The fourth-order valence-electron chi connectivity index (χ4n) is 2.34. The molecule has 0 aromatic heterocycles. The molecule has 0 aliphatic carbocycles. The molecule has 0 aliphatic heterocycles. The molecule has 144 valence electrons. The van der Waals surface area contributed by atoms with Gasteiger partial charge in [0.05, 0.1) is 19.8 Å². The average Bonchev–Trinajstić information content (AvgIpc) is 2.66. The number of methoxy groups -OCH3 is 2. The minimum Gasteiger partial charge on any atom is -0.493 e. The summed E-state index contributed by atoms with van der Waals surface area (Å²) in [7, 11) is 2.79. The molecule has 2 aromatic rings. The molecule has 0 saturated carbocycles. The van der Waals surface area contributed by atoms with Gasteiger partial charge in [0.1, 0.15) is 11.6 Å². The lowest BCUT2D eigenvalue weighted by Crippen LogP contribution is -2.26. The number of benzene rings is 2. The van der Waals surface area contributed by atoms with Crippen LogP contribution in [0.1, 0.15) is 15.9 Å². The number of carboxylic acids is 1. The van der Waals surface area contributed by atoms with Gasteiger partial charge in [-0.1, -0.05) is 12.1 Å². The predicted molar refractivity (Wildman–Crippen MR) is 95.1 cm³/mol. The van der Waals surface area contributed by atoms with Crippen LogP contribution in [0.25, 0.3) is 0 Å². The van der Waals surface area contributed by atoms with E-state index in [1.807, 2.05) is 0 Å². The van der Waals surface area contributed by atoms with Crippen LogP contribution < -0.4 is 19.5 Å². The van der Waals surface area contributed by atoms with Crippen molar-refractivity contribution >= 4 is 11.9 Å². The van der Waals surface area contributed by atoms with Gasteiger partial charge in [-0.15, -0.1) is 0 Å². The van der Waals surface area contributed by atoms with Crippen molar-refractivity contribution in [1.82, 2.24) is 5.32 Å². The highest BCUT2D eigenvalue weighted by Gasteiger charge is 2.16. The van der Waals surface area contributed by atoms with Gasteiger partial charge in [-0.2, -0.15) is 0 Å². The Balaban J connectivity index is 1.91. The van der Waals surface area contributed by atoms with E-state index in [0.717, 1.165) is 11.6 Å². The van der Waals surface area contributed by atoms with Gasteiger partial charge < -0.3 is 24.6 Å². The Labute approximate surface area is 155 Å². The Morgan fingerprint density at radius 2 is 1.70 bits per heavy atom. The molecule has 1 amide bonds.